The van der Waals surface area contributed by atoms with E-state index in [0.29, 0.717) is 17.8 Å². The van der Waals surface area contributed by atoms with Crippen LogP contribution in [0.1, 0.15) is 43.4 Å². The second kappa shape index (κ2) is 6.31. The molecular formula is C15H24N4O. The van der Waals surface area contributed by atoms with Crippen molar-refractivity contribution in [2.45, 2.75) is 46.2 Å². The number of aromatic nitrogens is 2. The summed E-state index contributed by atoms with van der Waals surface area (Å²) in [6, 6.07) is 0.961. The summed E-state index contributed by atoms with van der Waals surface area (Å²) in [5, 5.41) is 0. The van der Waals surface area contributed by atoms with E-state index in [0.717, 1.165) is 31.7 Å². The number of amides is 1. The van der Waals surface area contributed by atoms with Crippen molar-refractivity contribution < 1.29 is 4.79 Å². The Morgan fingerprint density at radius 1 is 1.35 bits per heavy atom. The third kappa shape index (κ3) is 3.15. The number of aryl methyl sites for hydroxylation is 1. The number of nitrogens with zero attached hydrogens (tertiary/aromatic N) is 4. The molecule has 1 saturated heterocycles. The number of carbonyl (C=O) groups is 1. The van der Waals surface area contributed by atoms with Crippen LogP contribution in [0, 0.1) is 6.92 Å². The van der Waals surface area contributed by atoms with Crippen LogP contribution < -0.4 is 0 Å². The second-order valence-electron chi connectivity index (χ2n) is 5.69. The van der Waals surface area contributed by atoms with E-state index in [1.165, 1.54) is 0 Å². The maximum absolute atomic E-state index is 12.5. The van der Waals surface area contributed by atoms with Crippen LogP contribution in [0.4, 0.5) is 0 Å². The summed E-state index contributed by atoms with van der Waals surface area (Å²) in [6.45, 7) is 11.0. The number of carbonyl (C=O) groups excluding carboxylic acids is 1. The van der Waals surface area contributed by atoms with Gasteiger partial charge < -0.3 is 4.90 Å². The van der Waals surface area contributed by atoms with Gasteiger partial charge in [0, 0.05) is 37.9 Å². The monoisotopic (exact) mass is 276 g/mol. The average Bonchev–Trinajstić information content (AvgIpc) is 2.46. The Balaban J connectivity index is 2.07. The van der Waals surface area contributed by atoms with Gasteiger partial charge >= 0.3 is 0 Å². The van der Waals surface area contributed by atoms with E-state index in [9.17, 15) is 4.79 Å². The molecule has 1 fully saturated rings. The van der Waals surface area contributed by atoms with Gasteiger partial charge in [0.25, 0.3) is 5.91 Å². The minimum absolute atomic E-state index is 0.000596. The molecule has 110 valence electrons. The molecule has 1 aromatic rings. The van der Waals surface area contributed by atoms with Crippen LogP contribution in [0.2, 0.25) is 0 Å². The molecule has 1 aromatic heterocycles. The first-order chi connectivity index (χ1) is 9.52. The number of rotatable bonds is 3. The summed E-state index contributed by atoms with van der Waals surface area (Å²) >= 11 is 0. The standard InChI is InChI=1S/C15H24N4O/c1-5-13-10-18(6-7-19(13)11(2)3)15(20)14-9-16-12(4)8-17-14/h8-9,11,13H,5-7,10H2,1-4H3/t13-/m0/s1. The van der Waals surface area contributed by atoms with E-state index in [1.54, 1.807) is 12.4 Å². The van der Waals surface area contributed by atoms with E-state index in [-0.39, 0.29) is 5.91 Å². The molecule has 5 heteroatoms. The third-order valence-electron chi connectivity index (χ3n) is 3.95. The highest BCUT2D eigenvalue weighted by molar-refractivity contribution is 5.92. The number of hydrogen-bond donors (Lipinski definition) is 0. The molecule has 0 aliphatic carbocycles. The molecule has 2 heterocycles. The Morgan fingerprint density at radius 2 is 2.10 bits per heavy atom. The van der Waals surface area contributed by atoms with Gasteiger partial charge in [-0.2, -0.15) is 0 Å². The molecule has 5 nitrogen and oxygen atoms in total. The molecule has 20 heavy (non-hydrogen) atoms. The highest BCUT2D eigenvalue weighted by Crippen LogP contribution is 2.17. The van der Waals surface area contributed by atoms with Crippen LogP contribution in [0.25, 0.3) is 0 Å². The molecule has 1 amide bonds. The number of hydrogen-bond acceptors (Lipinski definition) is 4. The topological polar surface area (TPSA) is 49.3 Å². The van der Waals surface area contributed by atoms with Crippen molar-refractivity contribution in [3.8, 4) is 0 Å². The Bertz CT molecular complexity index is 457. The first-order valence-electron chi connectivity index (χ1n) is 7.36. The van der Waals surface area contributed by atoms with Gasteiger partial charge in [0.2, 0.25) is 0 Å². The minimum Gasteiger partial charge on any atom is -0.334 e. The van der Waals surface area contributed by atoms with E-state index >= 15 is 0 Å². The van der Waals surface area contributed by atoms with Gasteiger partial charge in [-0.25, -0.2) is 4.98 Å². The fourth-order valence-corrected chi connectivity index (χ4v) is 2.76. The van der Waals surface area contributed by atoms with Gasteiger partial charge in [-0.05, 0) is 27.2 Å². The maximum Gasteiger partial charge on any atom is 0.274 e. The van der Waals surface area contributed by atoms with Crippen molar-refractivity contribution >= 4 is 5.91 Å². The molecule has 0 aromatic carbocycles. The molecule has 0 spiro atoms. The van der Waals surface area contributed by atoms with Crippen molar-refractivity contribution in [3.63, 3.8) is 0 Å². The Kier molecular flexibility index (Phi) is 4.70. The Morgan fingerprint density at radius 3 is 2.65 bits per heavy atom. The van der Waals surface area contributed by atoms with E-state index in [4.69, 9.17) is 0 Å². The largest absolute Gasteiger partial charge is 0.334 e. The Hall–Kier alpha value is -1.49. The highest BCUT2D eigenvalue weighted by atomic mass is 16.2. The van der Waals surface area contributed by atoms with Gasteiger partial charge in [0.15, 0.2) is 0 Å². The molecule has 0 saturated carbocycles. The lowest BCUT2D eigenvalue weighted by molar-refractivity contribution is 0.0367. The number of piperazine rings is 1. The quantitative estimate of drug-likeness (QED) is 0.843. The van der Waals surface area contributed by atoms with Crippen LogP contribution in [0.5, 0.6) is 0 Å². The first-order valence-corrected chi connectivity index (χ1v) is 7.36. The van der Waals surface area contributed by atoms with Gasteiger partial charge in [-0.15, -0.1) is 0 Å². The van der Waals surface area contributed by atoms with Crippen molar-refractivity contribution in [3.05, 3.63) is 23.8 Å². The van der Waals surface area contributed by atoms with Crippen molar-refractivity contribution in [1.29, 1.82) is 0 Å². The van der Waals surface area contributed by atoms with Crippen molar-refractivity contribution in [1.82, 2.24) is 19.8 Å². The normalized spacial score (nSPS) is 20.4. The Labute approximate surface area is 121 Å². The molecule has 1 atom stereocenters. The van der Waals surface area contributed by atoms with Crippen LogP contribution >= 0.6 is 0 Å². The summed E-state index contributed by atoms with van der Waals surface area (Å²) in [5.41, 5.74) is 1.28. The predicted octanol–water partition coefficient (Wildman–Crippen LogP) is 1.73. The predicted molar refractivity (Wildman–Crippen MR) is 78.6 cm³/mol. The van der Waals surface area contributed by atoms with E-state index in [2.05, 4.69) is 35.6 Å². The van der Waals surface area contributed by atoms with E-state index in [1.807, 2.05) is 11.8 Å². The van der Waals surface area contributed by atoms with Crippen LogP contribution in [-0.2, 0) is 0 Å². The lowest BCUT2D eigenvalue weighted by atomic mass is 10.1. The van der Waals surface area contributed by atoms with Gasteiger partial charge in [0.05, 0.1) is 11.9 Å². The van der Waals surface area contributed by atoms with Crippen LogP contribution in [0.15, 0.2) is 12.4 Å². The molecule has 0 unspecified atom stereocenters. The molecule has 1 aliphatic rings. The average molecular weight is 276 g/mol. The minimum atomic E-state index is -0.000596. The zero-order valence-electron chi connectivity index (χ0n) is 12.8. The molecule has 2 rings (SSSR count). The van der Waals surface area contributed by atoms with Gasteiger partial charge in [-0.3, -0.25) is 14.7 Å². The summed E-state index contributed by atoms with van der Waals surface area (Å²) in [4.78, 5) is 25.2. The summed E-state index contributed by atoms with van der Waals surface area (Å²) in [6.07, 6.45) is 4.28. The second-order valence-corrected chi connectivity index (χ2v) is 5.69. The highest BCUT2D eigenvalue weighted by Gasteiger charge is 2.30. The third-order valence-corrected chi connectivity index (χ3v) is 3.95. The van der Waals surface area contributed by atoms with Gasteiger partial charge in [-0.1, -0.05) is 6.92 Å². The smallest absolute Gasteiger partial charge is 0.274 e. The van der Waals surface area contributed by atoms with Crippen LogP contribution in [-0.4, -0.2) is 57.4 Å². The van der Waals surface area contributed by atoms with Crippen molar-refractivity contribution in [2.75, 3.05) is 19.6 Å². The van der Waals surface area contributed by atoms with E-state index < -0.39 is 0 Å². The molecule has 0 N–H and O–H groups in total. The fraction of sp³-hybridized carbons (Fsp3) is 0.667. The fourth-order valence-electron chi connectivity index (χ4n) is 2.76. The summed E-state index contributed by atoms with van der Waals surface area (Å²) in [5.74, 6) is -0.000596. The SMILES string of the molecule is CC[C@H]1CN(C(=O)c2cnc(C)cn2)CCN1C(C)C. The first kappa shape index (κ1) is 14.9. The zero-order chi connectivity index (χ0) is 14.7. The van der Waals surface area contributed by atoms with Crippen molar-refractivity contribution in [2.24, 2.45) is 0 Å². The molecule has 1 aliphatic heterocycles. The summed E-state index contributed by atoms with van der Waals surface area (Å²) < 4.78 is 0. The lowest BCUT2D eigenvalue weighted by Gasteiger charge is -2.43. The van der Waals surface area contributed by atoms with Crippen LogP contribution in [0.3, 0.4) is 0 Å². The zero-order valence-corrected chi connectivity index (χ0v) is 12.8. The summed E-state index contributed by atoms with van der Waals surface area (Å²) in [7, 11) is 0. The molecule has 0 bridgehead atoms. The molecular weight excluding hydrogens is 252 g/mol. The maximum atomic E-state index is 12.5. The van der Waals surface area contributed by atoms with Gasteiger partial charge in [0.1, 0.15) is 5.69 Å². The molecule has 0 radical (unpaired) electrons. The lowest BCUT2D eigenvalue weighted by Crippen LogP contribution is -2.56.